The van der Waals surface area contributed by atoms with Gasteiger partial charge in [-0.15, -0.1) is 0 Å². The molecule has 140 valence electrons. The predicted octanol–water partition coefficient (Wildman–Crippen LogP) is 1.97. The highest BCUT2D eigenvalue weighted by atomic mass is 32.2. The van der Waals surface area contributed by atoms with Gasteiger partial charge in [0.2, 0.25) is 0 Å². The Morgan fingerprint density at radius 2 is 2.00 bits per heavy atom. The zero-order valence-corrected chi connectivity index (χ0v) is 16.2. The van der Waals surface area contributed by atoms with Crippen LogP contribution in [-0.4, -0.2) is 59.0 Å². The maximum Gasteiger partial charge on any atom is 0.257 e. The van der Waals surface area contributed by atoms with E-state index in [1.165, 1.54) is 11.8 Å². The second-order valence-electron chi connectivity index (χ2n) is 6.64. The van der Waals surface area contributed by atoms with Crippen molar-refractivity contribution >= 4 is 23.4 Å². The van der Waals surface area contributed by atoms with Gasteiger partial charge in [0.25, 0.3) is 5.88 Å². The molecule has 4 rings (SSSR count). The van der Waals surface area contributed by atoms with Crippen LogP contribution in [0, 0.1) is 17.2 Å². The summed E-state index contributed by atoms with van der Waals surface area (Å²) in [5, 5.41) is 10.2. The largest absolute Gasteiger partial charge is 0.478 e. The van der Waals surface area contributed by atoms with Gasteiger partial charge < -0.3 is 14.5 Å². The lowest BCUT2D eigenvalue weighted by atomic mass is 9.92. The number of nitriles is 1. The van der Waals surface area contributed by atoms with Crippen LogP contribution < -0.4 is 14.5 Å². The first-order valence-corrected chi connectivity index (χ1v) is 10.1. The molecule has 4 heterocycles. The quantitative estimate of drug-likeness (QED) is 0.580. The van der Waals surface area contributed by atoms with Gasteiger partial charge in [0.15, 0.2) is 16.8 Å². The number of piperidine rings is 1. The molecule has 8 nitrogen and oxygen atoms in total. The van der Waals surface area contributed by atoms with Crippen molar-refractivity contribution in [3.63, 3.8) is 0 Å². The van der Waals surface area contributed by atoms with E-state index < -0.39 is 0 Å². The number of hydrogen-bond acceptors (Lipinski definition) is 9. The first kappa shape index (κ1) is 17.8. The normalized spacial score (nSPS) is 21.7. The van der Waals surface area contributed by atoms with E-state index in [0.29, 0.717) is 22.5 Å². The molecule has 2 unspecified atom stereocenters. The Bertz CT molecular complexity index is 871. The Kier molecular flexibility index (Phi) is 4.99. The topological polar surface area (TPSA) is 91.1 Å². The van der Waals surface area contributed by atoms with Gasteiger partial charge in [-0.05, 0) is 25.0 Å². The summed E-state index contributed by atoms with van der Waals surface area (Å²) in [5.74, 6) is 2.66. The van der Waals surface area contributed by atoms with Crippen LogP contribution in [0.5, 0.6) is 5.88 Å². The highest BCUT2D eigenvalue weighted by Crippen LogP contribution is 2.38. The molecule has 2 fully saturated rings. The monoisotopic (exact) mass is 383 g/mol. The van der Waals surface area contributed by atoms with Crippen molar-refractivity contribution in [2.24, 2.45) is 5.92 Å². The Labute approximate surface area is 162 Å². The molecular formula is C18H21N7OS. The van der Waals surface area contributed by atoms with E-state index in [2.05, 4.69) is 35.8 Å². The van der Waals surface area contributed by atoms with E-state index in [9.17, 15) is 5.26 Å². The zero-order chi connectivity index (χ0) is 18.8. The Morgan fingerprint density at radius 1 is 1.19 bits per heavy atom. The van der Waals surface area contributed by atoms with Gasteiger partial charge in [-0.25, -0.2) is 19.9 Å². The molecule has 2 aliphatic rings. The summed E-state index contributed by atoms with van der Waals surface area (Å²) in [5.41, 5.74) is 0.530. The minimum Gasteiger partial charge on any atom is -0.478 e. The molecule has 27 heavy (non-hydrogen) atoms. The lowest BCUT2D eigenvalue weighted by Gasteiger charge is -2.39. The minimum absolute atomic E-state index is 0.280. The SMILES string of the molecule is COc1nccnc1N1CCC2CCN(c3nc(SC)ncc3C#N)C2C1. The summed E-state index contributed by atoms with van der Waals surface area (Å²) < 4.78 is 5.39. The third-order valence-electron chi connectivity index (χ3n) is 5.32. The van der Waals surface area contributed by atoms with Crippen molar-refractivity contribution in [2.75, 3.05) is 42.8 Å². The highest BCUT2D eigenvalue weighted by Gasteiger charge is 2.40. The maximum absolute atomic E-state index is 9.53. The molecular weight excluding hydrogens is 362 g/mol. The van der Waals surface area contributed by atoms with Gasteiger partial charge in [0, 0.05) is 32.0 Å². The van der Waals surface area contributed by atoms with E-state index in [4.69, 9.17) is 4.74 Å². The van der Waals surface area contributed by atoms with Crippen molar-refractivity contribution in [1.82, 2.24) is 19.9 Å². The fraction of sp³-hybridized carbons (Fsp3) is 0.500. The summed E-state index contributed by atoms with van der Waals surface area (Å²) in [4.78, 5) is 22.2. The number of ether oxygens (including phenoxy) is 1. The number of nitrogens with zero attached hydrogens (tertiary/aromatic N) is 7. The number of hydrogen-bond donors (Lipinski definition) is 0. The summed E-state index contributed by atoms with van der Waals surface area (Å²) >= 11 is 1.49. The first-order valence-electron chi connectivity index (χ1n) is 8.93. The molecule has 2 aliphatic heterocycles. The molecule has 0 bridgehead atoms. The molecule has 2 atom stereocenters. The van der Waals surface area contributed by atoms with E-state index in [0.717, 1.165) is 44.1 Å². The standard InChI is InChI=1S/C18H21N7OS/c1-26-17-16(20-5-6-21-17)24-7-3-12-4-8-25(14(12)11-24)15-13(9-19)10-22-18(23-15)27-2/h5-6,10,12,14H,3-4,7-8,11H2,1-2H3. The van der Waals surface area contributed by atoms with E-state index in [-0.39, 0.29) is 6.04 Å². The van der Waals surface area contributed by atoms with Crippen molar-refractivity contribution < 1.29 is 4.74 Å². The fourth-order valence-corrected chi connectivity index (χ4v) is 4.36. The lowest BCUT2D eigenvalue weighted by molar-refractivity contribution is 0.371. The van der Waals surface area contributed by atoms with Gasteiger partial charge in [-0.2, -0.15) is 5.26 Å². The molecule has 0 spiro atoms. The van der Waals surface area contributed by atoms with Crippen LogP contribution in [0.3, 0.4) is 0 Å². The minimum atomic E-state index is 0.280. The molecule has 0 N–H and O–H groups in total. The van der Waals surface area contributed by atoms with E-state index >= 15 is 0 Å². The average Bonchev–Trinajstić information content (AvgIpc) is 3.16. The van der Waals surface area contributed by atoms with Gasteiger partial charge in [-0.1, -0.05) is 11.8 Å². The van der Waals surface area contributed by atoms with Crippen molar-refractivity contribution in [1.29, 1.82) is 5.26 Å². The Hall–Kier alpha value is -2.60. The predicted molar refractivity (Wildman–Crippen MR) is 103 cm³/mol. The van der Waals surface area contributed by atoms with Crippen molar-refractivity contribution in [3.8, 4) is 11.9 Å². The maximum atomic E-state index is 9.53. The Balaban J connectivity index is 1.64. The summed E-state index contributed by atoms with van der Waals surface area (Å²) in [6, 6.07) is 2.53. The second kappa shape index (κ2) is 7.56. The lowest BCUT2D eigenvalue weighted by Crippen LogP contribution is -2.49. The molecule has 0 aliphatic carbocycles. The van der Waals surface area contributed by atoms with Crippen LogP contribution in [0.4, 0.5) is 11.6 Å². The zero-order valence-electron chi connectivity index (χ0n) is 15.4. The molecule has 2 aromatic rings. The number of rotatable bonds is 4. The smallest absolute Gasteiger partial charge is 0.257 e. The Morgan fingerprint density at radius 3 is 2.78 bits per heavy atom. The van der Waals surface area contributed by atoms with E-state index in [1.807, 2.05) is 6.26 Å². The van der Waals surface area contributed by atoms with E-state index in [1.54, 1.807) is 25.7 Å². The van der Waals surface area contributed by atoms with Crippen LogP contribution in [0.2, 0.25) is 0 Å². The second-order valence-corrected chi connectivity index (χ2v) is 7.41. The van der Waals surface area contributed by atoms with Gasteiger partial charge in [-0.3, -0.25) is 0 Å². The van der Waals surface area contributed by atoms with Gasteiger partial charge in [0.1, 0.15) is 11.6 Å². The number of methoxy groups -OCH3 is 1. The van der Waals surface area contributed by atoms with Crippen LogP contribution in [0.15, 0.2) is 23.7 Å². The van der Waals surface area contributed by atoms with Crippen LogP contribution >= 0.6 is 11.8 Å². The number of fused-ring (bicyclic) bond motifs is 1. The molecule has 0 radical (unpaired) electrons. The average molecular weight is 383 g/mol. The van der Waals surface area contributed by atoms with Gasteiger partial charge >= 0.3 is 0 Å². The van der Waals surface area contributed by atoms with Crippen LogP contribution in [0.1, 0.15) is 18.4 Å². The summed E-state index contributed by atoms with van der Waals surface area (Å²) in [6.45, 7) is 2.64. The highest BCUT2D eigenvalue weighted by molar-refractivity contribution is 7.98. The van der Waals surface area contributed by atoms with Crippen LogP contribution in [-0.2, 0) is 0 Å². The number of anilines is 2. The molecule has 0 aromatic carbocycles. The van der Waals surface area contributed by atoms with Gasteiger partial charge in [0.05, 0.1) is 19.3 Å². The van der Waals surface area contributed by atoms with Crippen molar-refractivity contribution in [2.45, 2.75) is 24.0 Å². The molecule has 2 aromatic heterocycles. The van der Waals surface area contributed by atoms with Crippen molar-refractivity contribution in [3.05, 3.63) is 24.2 Å². The summed E-state index contributed by atoms with van der Waals surface area (Å²) in [7, 11) is 1.62. The number of thioether (sulfide) groups is 1. The number of aromatic nitrogens is 4. The first-order chi connectivity index (χ1) is 13.2. The molecule has 0 amide bonds. The van der Waals surface area contributed by atoms with Crippen LogP contribution in [0.25, 0.3) is 0 Å². The third kappa shape index (κ3) is 3.25. The molecule has 9 heteroatoms. The fourth-order valence-electron chi connectivity index (χ4n) is 4.03. The summed E-state index contributed by atoms with van der Waals surface area (Å²) in [6.07, 6.45) is 9.09. The third-order valence-corrected chi connectivity index (χ3v) is 5.89. The molecule has 2 saturated heterocycles. The molecule has 0 saturated carbocycles.